The van der Waals surface area contributed by atoms with E-state index in [0.29, 0.717) is 6.54 Å². The van der Waals surface area contributed by atoms with Crippen LogP contribution in [0.25, 0.3) is 0 Å². The standard InChI is InChI=1S/C12H31N2O13P3.3CH4/c1-13-5-11(7-15)8-26-29(19,20)23-3-4-24-30(21,22)27-10-12(6-14-2)9-25-28(16,17)18;;;/h11-15H,3-10H2,1-2H3,(H,19,20)(H,21,22)(H2,16,17,18);3*1H4/p-3. The van der Waals surface area contributed by atoms with Crippen molar-refractivity contribution in [3.8, 4) is 0 Å². The lowest BCUT2D eigenvalue weighted by molar-refractivity contribution is -0.234. The second-order valence-corrected chi connectivity index (χ2v) is 9.96. The van der Waals surface area contributed by atoms with Gasteiger partial charge in [0, 0.05) is 31.5 Å². The predicted molar refractivity (Wildman–Crippen MR) is 117 cm³/mol. The molecule has 0 saturated carbocycles. The van der Waals surface area contributed by atoms with Gasteiger partial charge in [0.2, 0.25) is 0 Å². The molecule has 0 heterocycles. The summed E-state index contributed by atoms with van der Waals surface area (Å²) in [4.78, 5) is 42.4. The van der Waals surface area contributed by atoms with Crippen LogP contribution in [0.4, 0.5) is 0 Å². The van der Waals surface area contributed by atoms with Gasteiger partial charge in [0.05, 0.1) is 33.0 Å². The summed E-state index contributed by atoms with van der Waals surface area (Å²) >= 11 is 0. The van der Waals surface area contributed by atoms with Crippen molar-refractivity contribution in [1.82, 2.24) is 10.6 Å². The zero-order chi connectivity index (χ0) is 23.3. The zero-order valence-electron chi connectivity index (χ0n) is 16.5. The molecule has 5 atom stereocenters. The van der Waals surface area contributed by atoms with E-state index in [9.17, 15) is 28.4 Å². The van der Waals surface area contributed by atoms with Gasteiger partial charge >= 0.3 is 0 Å². The molecule has 15 nitrogen and oxygen atoms in total. The van der Waals surface area contributed by atoms with E-state index in [4.69, 9.17) is 10.00 Å². The number of rotatable bonds is 19. The molecule has 5 unspecified atom stereocenters. The van der Waals surface area contributed by atoms with Crippen molar-refractivity contribution in [2.45, 2.75) is 22.3 Å². The Balaban J connectivity index is -0.00000140. The molecule has 0 aliphatic carbocycles. The molecule has 4 N–H and O–H groups in total. The SMILES string of the molecule is C.C.C.CNCC(CO)COP(=O)([O-])OCCOP(=O)([O-])OCC(CNC)COP(=O)([O-])O. The molecule has 0 radical (unpaired) electrons. The minimum atomic E-state index is -4.98. The van der Waals surface area contributed by atoms with E-state index in [2.05, 4.69) is 33.3 Å². The number of hydrogen-bond acceptors (Lipinski definition) is 14. The van der Waals surface area contributed by atoms with Crippen LogP contribution >= 0.6 is 23.5 Å². The third-order valence-corrected chi connectivity index (χ3v) is 5.64. The lowest BCUT2D eigenvalue weighted by atomic mass is 10.2. The van der Waals surface area contributed by atoms with E-state index in [1.54, 1.807) is 7.05 Å². The Morgan fingerprint density at radius 2 is 1.09 bits per heavy atom. The van der Waals surface area contributed by atoms with Crippen molar-refractivity contribution in [1.29, 1.82) is 0 Å². The smallest absolute Gasteiger partial charge is 0.267 e. The molecule has 0 aliphatic rings. The van der Waals surface area contributed by atoms with Gasteiger partial charge < -0.3 is 57.9 Å². The van der Waals surface area contributed by atoms with Crippen LogP contribution in [-0.4, -0.2) is 76.8 Å². The van der Waals surface area contributed by atoms with Crippen LogP contribution in [0.5, 0.6) is 0 Å². The maximum absolute atomic E-state index is 11.7. The van der Waals surface area contributed by atoms with Crippen molar-refractivity contribution in [2.75, 3.05) is 66.8 Å². The van der Waals surface area contributed by atoms with Crippen LogP contribution in [0.2, 0.25) is 0 Å². The molecule has 33 heavy (non-hydrogen) atoms. The van der Waals surface area contributed by atoms with E-state index >= 15 is 0 Å². The van der Waals surface area contributed by atoms with Crippen molar-refractivity contribution in [3.05, 3.63) is 0 Å². The number of phosphoric ester groups is 3. The largest absolute Gasteiger partial charge is 0.756 e. The summed E-state index contributed by atoms with van der Waals surface area (Å²) in [6.45, 7) is -2.69. The van der Waals surface area contributed by atoms with Crippen LogP contribution in [0.15, 0.2) is 0 Å². The fourth-order valence-corrected chi connectivity index (χ4v) is 3.82. The molecule has 0 aromatic carbocycles. The Bertz CT molecular complexity index is 608. The third-order valence-electron chi connectivity index (χ3n) is 3.24. The molecule has 0 fully saturated rings. The minimum Gasteiger partial charge on any atom is -0.756 e. The lowest BCUT2D eigenvalue weighted by Crippen LogP contribution is -2.28. The van der Waals surface area contributed by atoms with Gasteiger partial charge in [-0.15, -0.1) is 0 Å². The van der Waals surface area contributed by atoms with Gasteiger partial charge in [-0.2, -0.15) is 0 Å². The Morgan fingerprint density at radius 3 is 1.45 bits per heavy atom. The van der Waals surface area contributed by atoms with Crippen LogP contribution in [0.1, 0.15) is 22.3 Å². The van der Waals surface area contributed by atoms with Crippen LogP contribution in [0, 0.1) is 11.8 Å². The van der Waals surface area contributed by atoms with Crippen LogP contribution in [-0.2, 0) is 36.3 Å². The van der Waals surface area contributed by atoms with E-state index in [1.165, 1.54) is 7.05 Å². The van der Waals surface area contributed by atoms with Gasteiger partial charge in [-0.3, -0.25) is 13.7 Å². The molecular weight excluding hydrogens is 509 g/mol. The molecule has 0 rings (SSSR count). The fraction of sp³-hybridized carbons (Fsp3) is 1.00. The summed E-state index contributed by atoms with van der Waals surface area (Å²) < 4.78 is 56.1. The van der Waals surface area contributed by atoms with Crippen molar-refractivity contribution in [2.24, 2.45) is 11.8 Å². The summed E-state index contributed by atoms with van der Waals surface area (Å²) in [6.07, 6.45) is 0. The summed E-state index contributed by atoms with van der Waals surface area (Å²) in [5.41, 5.74) is 0. The maximum Gasteiger partial charge on any atom is 0.267 e. The van der Waals surface area contributed by atoms with E-state index < -0.39 is 61.7 Å². The number of aliphatic hydroxyl groups excluding tert-OH is 1. The van der Waals surface area contributed by atoms with Gasteiger partial charge in [-0.1, -0.05) is 22.3 Å². The monoisotopic (exact) mass is 549 g/mol. The summed E-state index contributed by atoms with van der Waals surface area (Å²) in [6, 6.07) is 0. The first-order valence-electron chi connectivity index (χ1n) is 8.62. The number of phosphoric acid groups is 3. The first-order chi connectivity index (χ1) is 13.8. The van der Waals surface area contributed by atoms with Gasteiger partial charge in [0.25, 0.3) is 23.5 Å². The summed E-state index contributed by atoms with van der Waals surface area (Å²) in [7, 11) is -11.4. The second kappa shape index (κ2) is 20.4. The van der Waals surface area contributed by atoms with Crippen molar-refractivity contribution in [3.63, 3.8) is 0 Å². The Hall–Kier alpha value is 0.210. The van der Waals surface area contributed by atoms with E-state index in [1.807, 2.05) is 0 Å². The Morgan fingerprint density at radius 1 is 0.727 bits per heavy atom. The van der Waals surface area contributed by atoms with Crippen LogP contribution < -0.4 is 25.3 Å². The molecule has 0 bridgehead atoms. The van der Waals surface area contributed by atoms with Gasteiger partial charge in [-0.25, -0.2) is 0 Å². The highest BCUT2D eigenvalue weighted by atomic mass is 31.2. The summed E-state index contributed by atoms with van der Waals surface area (Å²) in [5, 5.41) is 14.4. The van der Waals surface area contributed by atoms with Crippen molar-refractivity contribution < 1.29 is 61.0 Å². The number of hydrogen-bond donors (Lipinski definition) is 4. The number of nitrogens with one attached hydrogen (secondary N) is 2. The van der Waals surface area contributed by atoms with E-state index in [0.717, 1.165) is 0 Å². The molecule has 0 aromatic heterocycles. The van der Waals surface area contributed by atoms with Gasteiger partial charge in [-0.05, 0) is 14.1 Å². The number of aliphatic hydroxyl groups is 1. The maximum atomic E-state index is 11.7. The second-order valence-electron chi connectivity index (χ2n) is 5.95. The highest BCUT2D eigenvalue weighted by molar-refractivity contribution is 7.46. The molecule has 0 aromatic rings. The van der Waals surface area contributed by atoms with Gasteiger partial charge in [0.1, 0.15) is 0 Å². The normalized spacial score (nSPS) is 18.3. The lowest BCUT2D eigenvalue weighted by Gasteiger charge is -2.28. The fourth-order valence-electron chi connectivity index (χ4n) is 1.89. The molecule has 18 heteroatoms. The molecule has 0 saturated heterocycles. The topological polar surface area (TPSA) is 231 Å². The molecule has 206 valence electrons. The third kappa shape index (κ3) is 23.7. The van der Waals surface area contributed by atoms with Crippen LogP contribution in [0.3, 0.4) is 0 Å². The van der Waals surface area contributed by atoms with E-state index in [-0.39, 0.29) is 42.0 Å². The molecular formula is C15H40N2O13P3-3. The Kier molecular flexibility index (Phi) is 25.0. The van der Waals surface area contributed by atoms with Gasteiger partial charge in [0.15, 0.2) is 0 Å². The average Bonchev–Trinajstić information content (AvgIpc) is 2.64. The highest BCUT2D eigenvalue weighted by Gasteiger charge is 2.18. The summed E-state index contributed by atoms with van der Waals surface area (Å²) in [5.74, 6) is -1.25. The van der Waals surface area contributed by atoms with Crippen molar-refractivity contribution >= 4 is 23.5 Å². The molecule has 0 amide bonds. The average molecular weight is 549 g/mol. The first kappa shape index (κ1) is 40.4. The zero-order valence-corrected chi connectivity index (χ0v) is 19.2. The predicted octanol–water partition coefficient (Wildman–Crippen LogP) is -0.961. The minimum absolute atomic E-state index is 0. The quantitative estimate of drug-likeness (QED) is 0.112. The molecule has 0 spiro atoms. The molecule has 0 aliphatic heterocycles. The first-order valence-corrected chi connectivity index (χ1v) is 13.0. The highest BCUT2D eigenvalue weighted by Crippen LogP contribution is 2.41. The Labute approximate surface area is 196 Å².